The van der Waals surface area contributed by atoms with Crippen molar-refractivity contribution in [1.29, 1.82) is 0 Å². The molecule has 0 radical (unpaired) electrons. The van der Waals surface area contributed by atoms with E-state index in [-0.39, 0.29) is 5.91 Å². The summed E-state index contributed by atoms with van der Waals surface area (Å²) >= 11 is 5.79. The minimum atomic E-state index is -0.677. The largest absolute Gasteiger partial charge is 0.497 e. The summed E-state index contributed by atoms with van der Waals surface area (Å²) in [5.41, 5.74) is 3.28. The van der Waals surface area contributed by atoms with E-state index in [0.717, 1.165) is 11.3 Å². The Balaban J connectivity index is 1.85. The number of hydrogen-bond acceptors (Lipinski definition) is 4. The third kappa shape index (κ3) is 5.30. The van der Waals surface area contributed by atoms with Gasteiger partial charge in [0.1, 0.15) is 11.5 Å². The first-order valence-electron chi connectivity index (χ1n) is 6.97. The Hall–Kier alpha value is -2.53. The summed E-state index contributed by atoms with van der Waals surface area (Å²) in [6.45, 7) is 1.65. The maximum atomic E-state index is 11.9. The average molecular weight is 333 g/mol. The molecule has 23 heavy (non-hydrogen) atoms. The molecule has 2 rings (SSSR count). The predicted octanol–water partition coefficient (Wildman–Crippen LogP) is 3.27. The highest BCUT2D eigenvalue weighted by atomic mass is 35.5. The van der Waals surface area contributed by atoms with E-state index in [1.165, 1.54) is 0 Å². The zero-order valence-corrected chi connectivity index (χ0v) is 13.6. The number of ether oxygens (including phenoxy) is 2. The van der Waals surface area contributed by atoms with Gasteiger partial charge in [-0.2, -0.15) is 5.10 Å². The number of hydrazone groups is 1. The van der Waals surface area contributed by atoms with E-state index in [1.807, 2.05) is 24.3 Å². The molecule has 0 heterocycles. The van der Waals surface area contributed by atoms with Crippen LogP contribution >= 0.6 is 11.6 Å². The molecular formula is C17H17ClN2O3. The van der Waals surface area contributed by atoms with Crippen molar-refractivity contribution in [1.82, 2.24) is 5.43 Å². The SMILES string of the molecule is COc1ccc(C=NNC(=O)[C@H](C)Oc2ccc(Cl)cc2)cc1. The lowest BCUT2D eigenvalue weighted by Crippen LogP contribution is -2.33. The van der Waals surface area contributed by atoms with Gasteiger partial charge in [0, 0.05) is 5.02 Å². The second-order valence-corrected chi connectivity index (χ2v) is 5.16. The van der Waals surface area contributed by atoms with Gasteiger partial charge < -0.3 is 9.47 Å². The Labute approximate surface area is 139 Å². The molecule has 0 saturated heterocycles. The second-order valence-electron chi connectivity index (χ2n) is 4.72. The molecular weight excluding hydrogens is 316 g/mol. The number of methoxy groups -OCH3 is 1. The number of nitrogens with zero attached hydrogens (tertiary/aromatic N) is 1. The molecule has 0 spiro atoms. The number of hydrogen-bond donors (Lipinski definition) is 1. The fraction of sp³-hybridized carbons (Fsp3) is 0.176. The van der Waals surface area contributed by atoms with Crippen LogP contribution in [0.2, 0.25) is 5.02 Å². The second kappa shape index (κ2) is 8.19. The van der Waals surface area contributed by atoms with Gasteiger partial charge in [0.25, 0.3) is 5.91 Å². The molecule has 0 bridgehead atoms. The maximum Gasteiger partial charge on any atom is 0.280 e. The molecule has 0 unspecified atom stereocenters. The molecule has 2 aromatic carbocycles. The summed E-state index contributed by atoms with van der Waals surface area (Å²) < 4.78 is 10.6. The van der Waals surface area contributed by atoms with Crippen molar-refractivity contribution in [2.24, 2.45) is 5.10 Å². The lowest BCUT2D eigenvalue weighted by atomic mass is 10.2. The molecule has 1 atom stereocenters. The van der Waals surface area contributed by atoms with Crippen molar-refractivity contribution in [2.75, 3.05) is 7.11 Å². The number of carbonyl (C=O) groups excluding carboxylic acids is 1. The van der Waals surface area contributed by atoms with Crippen molar-refractivity contribution >= 4 is 23.7 Å². The van der Waals surface area contributed by atoms with Crippen molar-refractivity contribution in [2.45, 2.75) is 13.0 Å². The summed E-state index contributed by atoms with van der Waals surface area (Å²) in [6, 6.07) is 14.1. The van der Waals surface area contributed by atoms with Gasteiger partial charge in [0.05, 0.1) is 13.3 Å². The van der Waals surface area contributed by atoms with E-state index >= 15 is 0 Å². The summed E-state index contributed by atoms with van der Waals surface area (Å²) in [6.07, 6.45) is 0.871. The highest BCUT2D eigenvalue weighted by Gasteiger charge is 2.13. The smallest absolute Gasteiger partial charge is 0.280 e. The number of amides is 1. The average Bonchev–Trinajstić information content (AvgIpc) is 2.57. The lowest BCUT2D eigenvalue weighted by Gasteiger charge is -2.12. The molecule has 0 aliphatic rings. The van der Waals surface area contributed by atoms with Crippen LogP contribution in [0.3, 0.4) is 0 Å². The van der Waals surface area contributed by atoms with Gasteiger partial charge in [-0.3, -0.25) is 4.79 Å². The highest BCUT2D eigenvalue weighted by Crippen LogP contribution is 2.16. The first-order valence-corrected chi connectivity index (χ1v) is 7.35. The third-order valence-electron chi connectivity index (χ3n) is 3.00. The Bertz CT molecular complexity index is 669. The molecule has 0 fully saturated rings. The minimum absolute atomic E-state index is 0.343. The van der Waals surface area contributed by atoms with E-state index in [2.05, 4.69) is 10.5 Å². The van der Waals surface area contributed by atoms with Crippen LogP contribution in [0.25, 0.3) is 0 Å². The number of halogens is 1. The normalized spacial score (nSPS) is 12.0. The Kier molecular flexibility index (Phi) is 6.00. The molecule has 0 saturated carbocycles. The molecule has 0 aliphatic carbocycles. The Morgan fingerprint density at radius 2 is 1.74 bits per heavy atom. The van der Waals surface area contributed by atoms with Crippen LogP contribution in [0.15, 0.2) is 53.6 Å². The topological polar surface area (TPSA) is 59.9 Å². The van der Waals surface area contributed by atoms with Gasteiger partial charge in [-0.05, 0) is 61.0 Å². The van der Waals surface area contributed by atoms with Crippen molar-refractivity contribution in [3.05, 3.63) is 59.1 Å². The number of carbonyl (C=O) groups is 1. The summed E-state index contributed by atoms with van der Waals surface area (Å²) in [5.74, 6) is 0.983. The fourth-order valence-corrected chi connectivity index (χ4v) is 1.85. The summed E-state index contributed by atoms with van der Waals surface area (Å²) in [4.78, 5) is 11.9. The Morgan fingerprint density at radius 1 is 1.13 bits per heavy atom. The maximum absolute atomic E-state index is 11.9. The van der Waals surface area contributed by atoms with Crippen LogP contribution < -0.4 is 14.9 Å². The summed E-state index contributed by atoms with van der Waals surface area (Å²) in [5, 5.41) is 4.52. The standard InChI is InChI=1S/C17H17ClN2O3/c1-12(23-16-9-5-14(18)6-10-16)17(21)20-19-11-13-3-7-15(22-2)8-4-13/h3-12H,1-2H3,(H,20,21)/t12-/m0/s1. The van der Waals surface area contributed by atoms with E-state index in [4.69, 9.17) is 21.1 Å². The lowest BCUT2D eigenvalue weighted by molar-refractivity contribution is -0.127. The number of nitrogens with one attached hydrogen (secondary N) is 1. The zero-order chi connectivity index (χ0) is 16.7. The number of benzene rings is 2. The fourth-order valence-electron chi connectivity index (χ4n) is 1.72. The minimum Gasteiger partial charge on any atom is -0.497 e. The van der Waals surface area contributed by atoms with Crippen LogP contribution in [0.4, 0.5) is 0 Å². The van der Waals surface area contributed by atoms with Crippen LogP contribution in [0.1, 0.15) is 12.5 Å². The molecule has 1 amide bonds. The van der Waals surface area contributed by atoms with E-state index in [1.54, 1.807) is 44.5 Å². The molecule has 0 aromatic heterocycles. The van der Waals surface area contributed by atoms with Crippen LogP contribution in [0.5, 0.6) is 11.5 Å². The van der Waals surface area contributed by atoms with E-state index in [0.29, 0.717) is 10.8 Å². The molecule has 5 nitrogen and oxygen atoms in total. The van der Waals surface area contributed by atoms with Gasteiger partial charge in [-0.25, -0.2) is 5.43 Å². The van der Waals surface area contributed by atoms with Crippen LogP contribution in [0, 0.1) is 0 Å². The van der Waals surface area contributed by atoms with Crippen molar-refractivity contribution in [3.63, 3.8) is 0 Å². The van der Waals surface area contributed by atoms with Crippen molar-refractivity contribution in [3.8, 4) is 11.5 Å². The molecule has 120 valence electrons. The van der Waals surface area contributed by atoms with E-state index < -0.39 is 6.10 Å². The molecule has 0 aliphatic heterocycles. The van der Waals surface area contributed by atoms with Crippen molar-refractivity contribution < 1.29 is 14.3 Å². The van der Waals surface area contributed by atoms with Gasteiger partial charge in [0.15, 0.2) is 6.10 Å². The van der Waals surface area contributed by atoms with Gasteiger partial charge in [-0.1, -0.05) is 11.6 Å². The Morgan fingerprint density at radius 3 is 2.35 bits per heavy atom. The molecule has 6 heteroatoms. The summed E-state index contributed by atoms with van der Waals surface area (Å²) in [7, 11) is 1.60. The first-order chi connectivity index (χ1) is 11.1. The van der Waals surface area contributed by atoms with Gasteiger partial charge in [-0.15, -0.1) is 0 Å². The number of rotatable bonds is 6. The molecule has 2 aromatic rings. The first kappa shape index (κ1) is 16.8. The van der Waals surface area contributed by atoms with E-state index in [9.17, 15) is 4.79 Å². The quantitative estimate of drug-likeness (QED) is 0.652. The van der Waals surface area contributed by atoms with Gasteiger partial charge >= 0.3 is 0 Å². The van der Waals surface area contributed by atoms with Crippen LogP contribution in [-0.4, -0.2) is 25.3 Å². The molecule has 1 N–H and O–H groups in total. The predicted molar refractivity (Wildman–Crippen MR) is 90.3 cm³/mol. The van der Waals surface area contributed by atoms with Gasteiger partial charge in [0.2, 0.25) is 0 Å². The van der Waals surface area contributed by atoms with Crippen LogP contribution in [-0.2, 0) is 4.79 Å². The zero-order valence-electron chi connectivity index (χ0n) is 12.8. The third-order valence-corrected chi connectivity index (χ3v) is 3.25. The monoisotopic (exact) mass is 332 g/mol. The highest BCUT2D eigenvalue weighted by molar-refractivity contribution is 6.30.